The Bertz CT molecular complexity index is 998. The predicted octanol–water partition coefficient (Wildman–Crippen LogP) is 3.91. The molecule has 0 radical (unpaired) electrons. The maximum absolute atomic E-state index is 13.1. The van der Waals surface area contributed by atoms with Crippen LogP contribution in [0.5, 0.6) is 0 Å². The summed E-state index contributed by atoms with van der Waals surface area (Å²) in [6.07, 6.45) is 5.42. The molecule has 2 aliphatic rings. The van der Waals surface area contributed by atoms with E-state index in [9.17, 15) is 9.59 Å². The van der Waals surface area contributed by atoms with E-state index in [1.807, 2.05) is 36.1 Å². The highest BCUT2D eigenvalue weighted by Gasteiger charge is 2.26. The molecule has 7 nitrogen and oxygen atoms in total. The molecule has 0 spiro atoms. The third kappa shape index (κ3) is 4.69. The summed E-state index contributed by atoms with van der Waals surface area (Å²) in [5, 5.41) is 11.9. The van der Waals surface area contributed by atoms with Gasteiger partial charge in [-0.1, -0.05) is 12.1 Å². The molecule has 2 aliphatic heterocycles. The number of pyridine rings is 1. The number of aromatic nitrogens is 1. The lowest BCUT2D eigenvalue weighted by Gasteiger charge is -2.32. The standard InChI is InChI=1S/C24H27N5O2/c1-17-22(27-24(31)29-10-2-3-11-29)14-21(16-26-17)23(30)28-12-8-20(9-13-28)19-6-4-18(15-25)5-7-19/h4-7,14,16,20H,2-3,8-13H2,1H3,(H,27,31). The molecule has 0 bridgehead atoms. The first-order chi connectivity index (χ1) is 15.0. The fourth-order valence-electron chi connectivity index (χ4n) is 4.32. The molecule has 4 rings (SSSR count). The van der Waals surface area contributed by atoms with Crippen LogP contribution in [0, 0.1) is 18.3 Å². The van der Waals surface area contributed by atoms with E-state index in [0.717, 1.165) is 38.8 Å². The summed E-state index contributed by atoms with van der Waals surface area (Å²) in [6.45, 7) is 4.72. The lowest BCUT2D eigenvalue weighted by Crippen LogP contribution is -2.38. The van der Waals surface area contributed by atoms with Crippen LogP contribution in [-0.2, 0) is 0 Å². The van der Waals surface area contributed by atoms with Gasteiger partial charge >= 0.3 is 6.03 Å². The van der Waals surface area contributed by atoms with Crippen LogP contribution in [0.4, 0.5) is 10.5 Å². The number of carbonyl (C=O) groups excluding carboxylic acids is 2. The number of hydrogen-bond donors (Lipinski definition) is 1. The minimum Gasteiger partial charge on any atom is -0.339 e. The molecule has 0 aliphatic carbocycles. The van der Waals surface area contributed by atoms with Crippen LogP contribution in [0.3, 0.4) is 0 Å². The zero-order chi connectivity index (χ0) is 21.8. The Morgan fingerprint density at radius 3 is 2.39 bits per heavy atom. The molecule has 2 fully saturated rings. The Kier molecular flexibility index (Phi) is 6.17. The number of hydrogen-bond acceptors (Lipinski definition) is 4. The third-order valence-corrected chi connectivity index (χ3v) is 6.26. The molecule has 0 unspecified atom stereocenters. The van der Waals surface area contributed by atoms with Gasteiger partial charge in [-0.05, 0) is 62.3 Å². The normalized spacial score (nSPS) is 16.8. The van der Waals surface area contributed by atoms with Crippen molar-refractivity contribution in [1.29, 1.82) is 5.26 Å². The summed E-state index contributed by atoms with van der Waals surface area (Å²) < 4.78 is 0. The Balaban J connectivity index is 1.39. The monoisotopic (exact) mass is 417 g/mol. The van der Waals surface area contributed by atoms with Gasteiger partial charge in [0.05, 0.1) is 28.6 Å². The van der Waals surface area contributed by atoms with Crippen LogP contribution in [0.15, 0.2) is 36.5 Å². The number of amides is 3. The van der Waals surface area contributed by atoms with Crippen molar-refractivity contribution in [2.45, 2.75) is 38.5 Å². The van der Waals surface area contributed by atoms with Crippen molar-refractivity contribution in [2.75, 3.05) is 31.5 Å². The molecule has 1 aromatic heterocycles. The molecule has 2 saturated heterocycles. The van der Waals surface area contributed by atoms with E-state index in [4.69, 9.17) is 5.26 Å². The minimum absolute atomic E-state index is 0.0533. The maximum atomic E-state index is 13.1. The molecule has 2 aromatic rings. The fraction of sp³-hybridized carbons (Fsp3) is 0.417. The molecular formula is C24H27N5O2. The summed E-state index contributed by atoms with van der Waals surface area (Å²) in [6, 6.07) is 11.5. The quantitative estimate of drug-likeness (QED) is 0.820. The van der Waals surface area contributed by atoms with Crippen LogP contribution < -0.4 is 5.32 Å². The van der Waals surface area contributed by atoms with E-state index >= 15 is 0 Å². The SMILES string of the molecule is Cc1ncc(C(=O)N2CCC(c3ccc(C#N)cc3)CC2)cc1NC(=O)N1CCCC1. The second-order valence-corrected chi connectivity index (χ2v) is 8.28. The van der Waals surface area contributed by atoms with Gasteiger partial charge in [-0.2, -0.15) is 5.26 Å². The fourth-order valence-corrected chi connectivity index (χ4v) is 4.32. The second kappa shape index (κ2) is 9.17. The van der Waals surface area contributed by atoms with Gasteiger partial charge in [0.15, 0.2) is 0 Å². The molecule has 0 atom stereocenters. The van der Waals surface area contributed by atoms with Gasteiger partial charge in [-0.25, -0.2) is 4.79 Å². The first-order valence-corrected chi connectivity index (χ1v) is 10.9. The van der Waals surface area contributed by atoms with Gasteiger partial charge < -0.3 is 15.1 Å². The van der Waals surface area contributed by atoms with E-state index in [2.05, 4.69) is 16.4 Å². The Morgan fingerprint density at radius 1 is 1.06 bits per heavy atom. The van der Waals surface area contributed by atoms with Crippen molar-refractivity contribution >= 4 is 17.6 Å². The number of carbonyl (C=O) groups is 2. The van der Waals surface area contributed by atoms with Crippen LogP contribution in [-0.4, -0.2) is 52.9 Å². The molecule has 160 valence electrons. The van der Waals surface area contributed by atoms with Crippen molar-refractivity contribution in [1.82, 2.24) is 14.8 Å². The zero-order valence-corrected chi connectivity index (χ0v) is 17.8. The van der Waals surface area contributed by atoms with Crippen molar-refractivity contribution in [3.8, 4) is 6.07 Å². The number of aryl methyl sites for hydroxylation is 1. The van der Waals surface area contributed by atoms with Crippen LogP contribution in [0.25, 0.3) is 0 Å². The number of rotatable bonds is 3. The van der Waals surface area contributed by atoms with E-state index < -0.39 is 0 Å². The van der Waals surface area contributed by atoms with Crippen LogP contribution in [0.2, 0.25) is 0 Å². The summed E-state index contributed by atoms with van der Waals surface area (Å²) in [4.78, 5) is 33.5. The molecule has 3 amide bonds. The average molecular weight is 418 g/mol. The van der Waals surface area contributed by atoms with E-state index in [-0.39, 0.29) is 11.9 Å². The molecule has 3 heterocycles. The lowest BCUT2D eigenvalue weighted by atomic mass is 9.89. The number of piperidine rings is 1. The largest absolute Gasteiger partial charge is 0.339 e. The highest BCUT2D eigenvalue weighted by atomic mass is 16.2. The van der Waals surface area contributed by atoms with Gasteiger partial charge in [-0.15, -0.1) is 0 Å². The topological polar surface area (TPSA) is 89.3 Å². The number of urea groups is 1. The van der Waals surface area contributed by atoms with Crippen LogP contribution >= 0.6 is 0 Å². The smallest absolute Gasteiger partial charge is 0.321 e. The predicted molar refractivity (Wildman–Crippen MR) is 118 cm³/mol. The first kappa shape index (κ1) is 20.9. The summed E-state index contributed by atoms with van der Waals surface area (Å²) >= 11 is 0. The molecule has 1 aromatic carbocycles. The third-order valence-electron chi connectivity index (χ3n) is 6.26. The van der Waals surface area contributed by atoms with Gasteiger partial charge in [-0.3, -0.25) is 9.78 Å². The van der Waals surface area contributed by atoms with Gasteiger partial charge in [0, 0.05) is 32.4 Å². The molecule has 0 saturated carbocycles. The maximum Gasteiger partial charge on any atom is 0.321 e. The summed E-state index contributed by atoms with van der Waals surface area (Å²) in [7, 11) is 0. The number of benzene rings is 1. The summed E-state index contributed by atoms with van der Waals surface area (Å²) in [5.74, 6) is 0.339. The lowest BCUT2D eigenvalue weighted by molar-refractivity contribution is 0.0712. The van der Waals surface area contributed by atoms with E-state index in [1.165, 1.54) is 5.56 Å². The molecule has 7 heteroatoms. The van der Waals surface area contributed by atoms with Crippen molar-refractivity contribution < 1.29 is 9.59 Å². The van der Waals surface area contributed by atoms with Gasteiger partial charge in [0.25, 0.3) is 5.91 Å². The van der Waals surface area contributed by atoms with Crippen LogP contribution in [0.1, 0.15) is 58.8 Å². The van der Waals surface area contributed by atoms with Crippen molar-refractivity contribution in [3.63, 3.8) is 0 Å². The highest BCUT2D eigenvalue weighted by Crippen LogP contribution is 2.29. The van der Waals surface area contributed by atoms with Crippen molar-refractivity contribution in [2.24, 2.45) is 0 Å². The number of nitrogens with one attached hydrogen (secondary N) is 1. The molecule has 1 N–H and O–H groups in total. The minimum atomic E-state index is -0.129. The molecular weight excluding hydrogens is 390 g/mol. The second-order valence-electron chi connectivity index (χ2n) is 8.28. The Morgan fingerprint density at radius 2 is 1.74 bits per heavy atom. The van der Waals surface area contributed by atoms with Gasteiger partial charge in [0.1, 0.15) is 0 Å². The van der Waals surface area contributed by atoms with E-state index in [1.54, 1.807) is 17.2 Å². The zero-order valence-electron chi connectivity index (χ0n) is 17.8. The summed E-state index contributed by atoms with van der Waals surface area (Å²) in [5.41, 5.74) is 3.67. The number of nitrogens with zero attached hydrogens (tertiary/aromatic N) is 4. The highest BCUT2D eigenvalue weighted by molar-refractivity contribution is 5.97. The number of likely N-dealkylation sites (tertiary alicyclic amines) is 2. The van der Waals surface area contributed by atoms with Crippen molar-refractivity contribution in [3.05, 3.63) is 58.9 Å². The number of anilines is 1. The first-order valence-electron chi connectivity index (χ1n) is 10.9. The van der Waals surface area contributed by atoms with Gasteiger partial charge in [0.2, 0.25) is 0 Å². The van der Waals surface area contributed by atoms with E-state index in [0.29, 0.717) is 41.5 Å². The Labute approximate surface area is 182 Å². The number of nitriles is 1. The molecule has 31 heavy (non-hydrogen) atoms. The average Bonchev–Trinajstić information content (AvgIpc) is 3.35. The Hall–Kier alpha value is -3.40.